The molecule has 0 radical (unpaired) electrons. The van der Waals surface area contributed by atoms with E-state index in [9.17, 15) is 0 Å². The molecule has 11 aromatic carbocycles. The lowest BCUT2D eigenvalue weighted by atomic mass is 9.83. The smallest absolute Gasteiger partial charge is 0.0577 e. The molecule has 0 saturated carbocycles. The first-order valence-corrected chi connectivity index (χ1v) is 22.7. The second kappa shape index (κ2) is 14.3. The number of hydrogen-bond acceptors (Lipinski definition) is 0. The van der Waals surface area contributed by atoms with Gasteiger partial charge in [0.15, 0.2) is 0 Å². The molecule has 0 bridgehead atoms. The molecule has 0 fully saturated rings. The van der Waals surface area contributed by atoms with Gasteiger partial charge in [0.1, 0.15) is 0 Å². The minimum Gasteiger partial charge on any atom is -0.340 e. The van der Waals surface area contributed by atoms with E-state index in [4.69, 9.17) is 0 Å². The third-order valence-electron chi connectivity index (χ3n) is 14.0. The van der Waals surface area contributed by atoms with Crippen LogP contribution in [0.15, 0.2) is 206 Å². The van der Waals surface area contributed by atoms with Crippen LogP contribution in [0.1, 0.15) is 13.8 Å². The van der Waals surface area contributed by atoms with Gasteiger partial charge in [0.25, 0.3) is 0 Å². The van der Waals surface area contributed by atoms with Gasteiger partial charge in [0.05, 0.1) is 11.0 Å². The number of rotatable bonds is 6. The second-order valence-corrected chi connectivity index (χ2v) is 17.2. The number of hydrogen-bond donors (Lipinski definition) is 0. The van der Waals surface area contributed by atoms with Crippen molar-refractivity contribution >= 4 is 86.7 Å². The quantitative estimate of drug-likeness (QED) is 0.148. The van der Waals surface area contributed by atoms with Crippen molar-refractivity contribution in [3.05, 3.63) is 206 Å². The lowest BCUT2D eigenvalue weighted by Crippen LogP contribution is -1.97. The molecule has 0 atom stereocenters. The highest BCUT2D eigenvalue weighted by Crippen LogP contribution is 2.50. The van der Waals surface area contributed by atoms with Crippen LogP contribution in [0.25, 0.3) is 131 Å². The molecule has 0 spiro atoms. The Bertz CT molecular complexity index is 3810. The number of fused-ring (bicyclic) bond motifs is 12. The maximum Gasteiger partial charge on any atom is 0.0577 e. The molecule has 13 aromatic rings. The summed E-state index contributed by atoms with van der Waals surface area (Å²) in [5.74, 6) is 0. The predicted octanol–water partition coefficient (Wildman–Crippen LogP) is 17.2. The van der Waals surface area contributed by atoms with Crippen LogP contribution >= 0.6 is 0 Å². The van der Waals surface area contributed by atoms with Gasteiger partial charge in [0.2, 0.25) is 0 Å². The molecule has 302 valence electrons. The summed E-state index contributed by atoms with van der Waals surface area (Å²) in [6.07, 6.45) is 0. The molecule has 0 amide bonds. The summed E-state index contributed by atoms with van der Waals surface area (Å²) < 4.78 is 5.08. The first kappa shape index (κ1) is 36.7. The molecular formula is C62H44N2. The first-order valence-electron chi connectivity index (χ1n) is 22.7. The fourth-order valence-corrected chi connectivity index (χ4v) is 11.4. The Morgan fingerprint density at radius 2 is 0.703 bits per heavy atom. The van der Waals surface area contributed by atoms with Gasteiger partial charge in [-0.05, 0) is 121 Å². The minimum absolute atomic E-state index is 0.867. The van der Waals surface area contributed by atoms with Crippen LogP contribution < -0.4 is 0 Å². The Kier molecular flexibility index (Phi) is 8.20. The van der Waals surface area contributed by atoms with E-state index in [2.05, 4.69) is 229 Å². The van der Waals surface area contributed by atoms with E-state index in [1.54, 1.807) is 0 Å². The number of para-hydroxylation sites is 2. The van der Waals surface area contributed by atoms with Crippen LogP contribution in [0.4, 0.5) is 0 Å². The molecule has 64 heavy (non-hydrogen) atoms. The predicted molar refractivity (Wildman–Crippen MR) is 276 cm³/mol. The van der Waals surface area contributed by atoms with Crippen LogP contribution in [0.5, 0.6) is 0 Å². The van der Waals surface area contributed by atoms with E-state index in [0.29, 0.717) is 0 Å². The van der Waals surface area contributed by atoms with Gasteiger partial charge < -0.3 is 9.13 Å². The zero-order valence-corrected chi connectivity index (χ0v) is 35.9. The van der Waals surface area contributed by atoms with Crippen molar-refractivity contribution in [2.24, 2.45) is 0 Å². The maximum absolute atomic E-state index is 2.54. The Labute approximate surface area is 371 Å². The molecular weight excluding hydrogens is 773 g/mol. The Morgan fingerprint density at radius 1 is 0.297 bits per heavy atom. The lowest BCUT2D eigenvalue weighted by molar-refractivity contribution is 0.828. The Balaban J connectivity index is 1.23. The SMILES string of the molecule is CCn1c2ccccc2c2c3ccccc3cc(-c3cccc4c(-c5ccccc5-c5ccccc5)c5cccc(-c6cc7ccccc7c7c8ccccc8n(CC)c67)c5cc34)c21. The highest BCUT2D eigenvalue weighted by molar-refractivity contribution is 6.29. The summed E-state index contributed by atoms with van der Waals surface area (Å²) in [6.45, 7) is 6.30. The molecule has 2 heteroatoms. The van der Waals surface area contributed by atoms with Gasteiger partial charge in [0, 0.05) is 56.8 Å². The molecule has 0 aliphatic rings. The zero-order chi connectivity index (χ0) is 42.5. The summed E-state index contributed by atoms with van der Waals surface area (Å²) in [5, 5.41) is 15.3. The molecule has 2 heterocycles. The van der Waals surface area contributed by atoms with E-state index >= 15 is 0 Å². The van der Waals surface area contributed by atoms with Gasteiger partial charge in [-0.25, -0.2) is 0 Å². The third kappa shape index (κ3) is 5.20. The molecule has 0 N–H and O–H groups in total. The molecule has 2 aromatic heterocycles. The fourth-order valence-electron chi connectivity index (χ4n) is 11.4. The molecule has 0 unspecified atom stereocenters. The fraction of sp³-hybridized carbons (Fsp3) is 0.0645. The monoisotopic (exact) mass is 816 g/mol. The van der Waals surface area contributed by atoms with Gasteiger partial charge in [-0.2, -0.15) is 0 Å². The van der Waals surface area contributed by atoms with Crippen molar-refractivity contribution in [3.63, 3.8) is 0 Å². The molecule has 0 aliphatic carbocycles. The summed E-state index contributed by atoms with van der Waals surface area (Å²) in [7, 11) is 0. The number of benzene rings is 11. The number of aromatic nitrogens is 2. The standard InChI is InChI=1S/C62H44N2/c1-3-63-56-34-16-14-28-50(56)59-43-25-10-8-22-40(43)36-54(61(59)63)45-30-18-32-48-52(45)38-53-46(31-19-33-49(53)58(48)47-27-13-12-24-42(47)39-20-6-5-7-21-39)55-37-41-23-9-11-26-44(41)60-51-29-15-17-35-57(51)64(4-2)62(55)60/h5-38H,3-4H2,1-2H3. The van der Waals surface area contributed by atoms with Crippen molar-refractivity contribution in [3.8, 4) is 44.5 Å². The first-order chi connectivity index (χ1) is 31.7. The third-order valence-corrected chi connectivity index (χ3v) is 14.0. The molecule has 2 nitrogen and oxygen atoms in total. The normalized spacial score (nSPS) is 12.0. The number of nitrogens with zero attached hydrogens (tertiary/aromatic N) is 2. The molecule has 0 aliphatic heterocycles. The summed E-state index contributed by atoms with van der Waals surface area (Å²) in [5.41, 5.74) is 15.1. The maximum atomic E-state index is 2.54. The average molecular weight is 817 g/mol. The van der Waals surface area contributed by atoms with Crippen molar-refractivity contribution in [1.82, 2.24) is 9.13 Å². The minimum atomic E-state index is 0.867. The summed E-state index contributed by atoms with van der Waals surface area (Å²) in [4.78, 5) is 0. The topological polar surface area (TPSA) is 9.86 Å². The van der Waals surface area contributed by atoms with Gasteiger partial charge in [-0.3, -0.25) is 0 Å². The van der Waals surface area contributed by atoms with Crippen molar-refractivity contribution in [2.75, 3.05) is 0 Å². The van der Waals surface area contributed by atoms with E-state index < -0.39 is 0 Å². The van der Waals surface area contributed by atoms with Crippen LogP contribution in [0.3, 0.4) is 0 Å². The lowest BCUT2D eigenvalue weighted by Gasteiger charge is -2.21. The van der Waals surface area contributed by atoms with Gasteiger partial charge in [-0.1, -0.05) is 176 Å². The largest absolute Gasteiger partial charge is 0.340 e. The zero-order valence-electron chi connectivity index (χ0n) is 35.9. The van der Waals surface area contributed by atoms with E-state index in [1.165, 1.54) is 131 Å². The van der Waals surface area contributed by atoms with Crippen molar-refractivity contribution < 1.29 is 0 Å². The van der Waals surface area contributed by atoms with Crippen LogP contribution in [0, 0.1) is 0 Å². The van der Waals surface area contributed by atoms with Crippen LogP contribution in [0.2, 0.25) is 0 Å². The van der Waals surface area contributed by atoms with E-state index in [-0.39, 0.29) is 0 Å². The highest BCUT2D eigenvalue weighted by atomic mass is 15.0. The van der Waals surface area contributed by atoms with Crippen molar-refractivity contribution in [1.29, 1.82) is 0 Å². The highest BCUT2D eigenvalue weighted by Gasteiger charge is 2.24. The van der Waals surface area contributed by atoms with Crippen LogP contribution in [-0.4, -0.2) is 9.13 Å². The average Bonchev–Trinajstić information content (AvgIpc) is 3.89. The second-order valence-electron chi connectivity index (χ2n) is 17.2. The Hall–Kier alpha value is -7.94. The van der Waals surface area contributed by atoms with Gasteiger partial charge in [-0.15, -0.1) is 0 Å². The summed E-state index contributed by atoms with van der Waals surface area (Å²) >= 11 is 0. The van der Waals surface area contributed by atoms with Crippen LogP contribution in [-0.2, 0) is 13.1 Å². The Morgan fingerprint density at radius 3 is 1.22 bits per heavy atom. The van der Waals surface area contributed by atoms with Crippen molar-refractivity contribution in [2.45, 2.75) is 26.9 Å². The van der Waals surface area contributed by atoms with E-state index in [0.717, 1.165) is 13.1 Å². The molecule has 13 rings (SSSR count). The molecule has 0 saturated heterocycles. The number of aryl methyl sites for hydroxylation is 2. The van der Waals surface area contributed by atoms with Gasteiger partial charge >= 0.3 is 0 Å². The van der Waals surface area contributed by atoms with E-state index in [1.807, 2.05) is 0 Å². The summed E-state index contributed by atoms with van der Waals surface area (Å²) in [6, 6.07) is 77.2.